The van der Waals surface area contributed by atoms with Gasteiger partial charge >= 0.3 is 0 Å². The van der Waals surface area contributed by atoms with Crippen LogP contribution in [0.4, 0.5) is 5.69 Å². The first kappa shape index (κ1) is 17.3. The van der Waals surface area contributed by atoms with Gasteiger partial charge in [-0.1, -0.05) is 0 Å². The lowest BCUT2D eigenvalue weighted by Crippen LogP contribution is -2.43. The molecule has 1 atom stereocenters. The quantitative estimate of drug-likeness (QED) is 0.727. The Morgan fingerprint density at radius 1 is 1.40 bits per heavy atom. The molecule has 1 saturated heterocycles. The van der Waals surface area contributed by atoms with Crippen molar-refractivity contribution in [2.45, 2.75) is 18.8 Å². The molecule has 2 aromatic rings. The fraction of sp³-hybridized carbons (Fsp3) is 0.529. The van der Waals surface area contributed by atoms with E-state index in [1.165, 1.54) is 0 Å². The second-order valence-electron chi connectivity index (χ2n) is 6.26. The van der Waals surface area contributed by atoms with E-state index in [4.69, 9.17) is 0 Å². The lowest BCUT2D eigenvalue weighted by Gasteiger charge is -2.29. The summed E-state index contributed by atoms with van der Waals surface area (Å²) in [6.45, 7) is 3.69. The van der Waals surface area contributed by atoms with Crippen molar-refractivity contribution in [2.24, 2.45) is 7.05 Å². The molecule has 2 N–H and O–H groups in total. The molecule has 3 heterocycles. The Morgan fingerprint density at radius 3 is 2.84 bits per heavy atom. The van der Waals surface area contributed by atoms with E-state index in [1.807, 2.05) is 17.9 Å². The molecule has 0 radical (unpaired) electrons. The molecule has 134 valence electrons. The van der Waals surface area contributed by atoms with Crippen LogP contribution >= 0.6 is 0 Å². The monoisotopic (exact) mass is 344 g/mol. The van der Waals surface area contributed by atoms with Crippen LogP contribution in [0.15, 0.2) is 12.4 Å². The summed E-state index contributed by atoms with van der Waals surface area (Å²) in [7, 11) is 3.48. The molecule has 8 nitrogen and oxygen atoms in total. The second kappa shape index (κ2) is 7.60. The maximum absolute atomic E-state index is 11.6. The van der Waals surface area contributed by atoms with Crippen molar-refractivity contribution in [3.05, 3.63) is 18.1 Å². The zero-order chi connectivity index (χ0) is 17.8. The van der Waals surface area contributed by atoms with Crippen molar-refractivity contribution >= 4 is 28.8 Å². The summed E-state index contributed by atoms with van der Waals surface area (Å²) >= 11 is 0. The fourth-order valence-corrected chi connectivity index (χ4v) is 3.33. The highest BCUT2D eigenvalue weighted by molar-refractivity contribution is 5.94. The SMILES string of the molecule is CNC(=O)CCC(C=O)c1nn(C)c2c(N3CCNCC3)cncc12. The molecule has 3 rings (SSSR count). The van der Waals surface area contributed by atoms with Gasteiger partial charge in [0, 0.05) is 58.3 Å². The summed E-state index contributed by atoms with van der Waals surface area (Å²) in [5, 5.41) is 11.4. The number of fused-ring (bicyclic) bond motifs is 1. The van der Waals surface area contributed by atoms with Crippen molar-refractivity contribution < 1.29 is 9.59 Å². The van der Waals surface area contributed by atoms with Gasteiger partial charge in [0.1, 0.15) is 6.29 Å². The van der Waals surface area contributed by atoms with Gasteiger partial charge in [0.2, 0.25) is 5.91 Å². The molecule has 0 saturated carbocycles. The number of anilines is 1. The number of aldehydes is 1. The number of hydrogen-bond donors (Lipinski definition) is 2. The third-order valence-corrected chi connectivity index (χ3v) is 4.69. The van der Waals surface area contributed by atoms with Gasteiger partial charge in [0.05, 0.1) is 29.0 Å². The van der Waals surface area contributed by atoms with Gasteiger partial charge in [-0.3, -0.25) is 14.5 Å². The summed E-state index contributed by atoms with van der Waals surface area (Å²) in [5.41, 5.74) is 2.72. The van der Waals surface area contributed by atoms with Crippen LogP contribution in [-0.4, -0.2) is 60.2 Å². The first-order valence-corrected chi connectivity index (χ1v) is 8.57. The molecular weight excluding hydrogens is 320 g/mol. The molecule has 1 aliphatic rings. The normalized spacial score (nSPS) is 16.0. The average molecular weight is 344 g/mol. The largest absolute Gasteiger partial charge is 0.366 e. The number of nitrogens with one attached hydrogen (secondary N) is 2. The maximum atomic E-state index is 11.6. The molecular formula is C17H24N6O2. The van der Waals surface area contributed by atoms with Gasteiger partial charge < -0.3 is 20.3 Å². The zero-order valence-electron chi connectivity index (χ0n) is 14.7. The number of aromatic nitrogens is 3. The summed E-state index contributed by atoms with van der Waals surface area (Å²) in [6.07, 6.45) is 5.23. The summed E-state index contributed by atoms with van der Waals surface area (Å²) in [5.74, 6) is -0.493. The standard InChI is InChI=1S/C17H24N6O2/c1-18-15(25)4-3-12(11-24)16-13-9-20-10-14(17(13)22(2)21-16)23-7-5-19-6-8-23/h9-12,19H,3-8H2,1-2H3,(H,18,25). The van der Waals surface area contributed by atoms with E-state index < -0.39 is 5.92 Å². The van der Waals surface area contributed by atoms with Crippen molar-refractivity contribution in [3.63, 3.8) is 0 Å². The number of amides is 1. The number of carbonyl (C=O) groups excluding carboxylic acids is 2. The minimum Gasteiger partial charge on any atom is -0.366 e. The van der Waals surface area contributed by atoms with Crippen LogP contribution in [0, 0.1) is 0 Å². The third-order valence-electron chi connectivity index (χ3n) is 4.69. The van der Waals surface area contributed by atoms with Crippen LogP contribution in [0.2, 0.25) is 0 Å². The number of rotatable bonds is 6. The molecule has 0 aromatic carbocycles. The van der Waals surface area contributed by atoms with E-state index in [1.54, 1.807) is 13.2 Å². The van der Waals surface area contributed by atoms with Gasteiger partial charge in [0.15, 0.2) is 0 Å². The Bertz CT molecular complexity index is 766. The van der Waals surface area contributed by atoms with Crippen LogP contribution in [0.5, 0.6) is 0 Å². The average Bonchev–Trinajstić information content (AvgIpc) is 3.00. The Balaban J connectivity index is 1.96. The maximum Gasteiger partial charge on any atom is 0.219 e. The number of carbonyl (C=O) groups is 2. The first-order valence-electron chi connectivity index (χ1n) is 8.57. The second-order valence-corrected chi connectivity index (χ2v) is 6.26. The Labute approximate surface area is 146 Å². The summed E-state index contributed by atoms with van der Waals surface area (Å²) in [6, 6.07) is 0. The number of aryl methyl sites for hydroxylation is 1. The third kappa shape index (κ3) is 3.48. The summed E-state index contributed by atoms with van der Waals surface area (Å²) < 4.78 is 1.82. The van der Waals surface area contributed by atoms with Crippen molar-refractivity contribution in [1.29, 1.82) is 0 Å². The Morgan fingerprint density at radius 2 is 2.16 bits per heavy atom. The molecule has 1 fully saturated rings. The van der Waals surface area contributed by atoms with Crippen LogP contribution < -0.4 is 15.5 Å². The number of nitrogens with zero attached hydrogens (tertiary/aromatic N) is 4. The minimum atomic E-state index is -0.416. The fourth-order valence-electron chi connectivity index (χ4n) is 3.33. The van der Waals surface area contributed by atoms with Crippen molar-refractivity contribution in [2.75, 3.05) is 38.1 Å². The van der Waals surface area contributed by atoms with Crippen LogP contribution in [0.25, 0.3) is 10.9 Å². The van der Waals surface area contributed by atoms with Gasteiger partial charge in [-0.25, -0.2) is 0 Å². The number of hydrogen-bond acceptors (Lipinski definition) is 6. The number of piperazine rings is 1. The molecule has 0 spiro atoms. The lowest BCUT2D eigenvalue weighted by atomic mass is 9.98. The predicted molar refractivity (Wildman–Crippen MR) is 95.7 cm³/mol. The molecule has 25 heavy (non-hydrogen) atoms. The van der Waals surface area contributed by atoms with Crippen molar-refractivity contribution in [1.82, 2.24) is 25.4 Å². The minimum absolute atomic E-state index is 0.0771. The van der Waals surface area contributed by atoms with E-state index in [-0.39, 0.29) is 5.91 Å². The van der Waals surface area contributed by atoms with Gasteiger partial charge in [-0.2, -0.15) is 5.10 Å². The summed E-state index contributed by atoms with van der Waals surface area (Å²) in [4.78, 5) is 29.8. The van der Waals surface area contributed by atoms with E-state index in [0.29, 0.717) is 18.5 Å². The van der Waals surface area contributed by atoms with Crippen LogP contribution in [0.3, 0.4) is 0 Å². The molecule has 1 unspecified atom stereocenters. The smallest absolute Gasteiger partial charge is 0.219 e. The van der Waals surface area contributed by atoms with E-state index in [0.717, 1.165) is 49.1 Å². The molecule has 1 amide bonds. The van der Waals surface area contributed by atoms with Crippen molar-refractivity contribution in [3.8, 4) is 0 Å². The molecule has 2 aromatic heterocycles. The molecule has 0 bridgehead atoms. The lowest BCUT2D eigenvalue weighted by molar-refractivity contribution is -0.120. The Kier molecular flexibility index (Phi) is 5.28. The van der Waals surface area contributed by atoms with Crippen LogP contribution in [-0.2, 0) is 16.6 Å². The molecule has 0 aliphatic carbocycles. The number of pyridine rings is 1. The highest BCUT2D eigenvalue weighted by atomic mass is 16.1. The zero-order valence-corrected chi connectivity index (χ0v) is 14.7. The van der Waals surface area contributed by atoms with Gasteiger partial charge in [-0.15, -0.1) is 0 Å². The van der Waals surface area contributed by atoms with E-state index in [2.05, 4.69) is 25.6 Å². The molecule has 8 heteroatoms. The van der Waals surface area contributed by atoms with Gasteiger partial charge in [-0.05, 0) is 6.42 Å². The Hall–Kier alpha value is -2.48. The highest BCUT2D eigenvalue weighted by Crippen LogP contribution is 2.32. The highest BCUT2D eigenvalue weighted by Gasteiger charge is 2.23. The van der Waals surface area contributed by atoms with Gasteiger partial charge in [0.25, 0.3) is 0 Å². The predicted octanol–water partition coefficient (Wildman–Crippen LogP) is 0.187. The molecule has 1 aliphatic heterocycles. The van der Waals surface area contributed by atoms with Crippen LogP contribution in [0.1, 0.15) is 24.5 Å². The van der Waals surface area contributed by atoms with E-state index >= 15 is 0 Å². The first-order chi connectivity index (χ1) is 12.2. The topological polar surface area (TPSA) is 92.2 Å². The van der Waals surface area contributed by atoms with E-state index in [9.17, 15) is 9.59 Å².